The van der Waals surface area contributed by atoms with Crippen molar-refractivity contribution in [2.24, 2.45) is 0 Å². The molecule has 2 aliphatic rings. The van der Waals surface area contributed by atoms with Crippen LogP contribution in [0.3, 0.4) is 0 Å². The lowest BCUT2D eigenvalue weighted by atomic mass is 9.82. The second-order valence-corrected chi connectivity index (χ2v) is 6.20. The molecule has 0 bridgehead atoms. The first-order chi connectivity index (χ1) is 8.35. The van der Waals surface area contributed by atoms with E-state index in [1.807, 2.05) is 0 Å². The van der Waals surface area contributed by atoms with Gasteiger partial charge in [0, 0.05) is 6.00 Å². The van der Waals surface area contributed by atoms with Gasteiger partial charge in [0.2, 0.25) is 0 Å². The van der Waals surface area contributed by atoms with Crippen LogP contribution in [0.4, 0.5) is 0 Å². The maximum atomic E-state index is 11.8. The molecule has 102 valence electrons. The molecule has 2 heterocycles. The van der Waals surface area contributed by atoms with Crippen LogP contribution >= 0.6 is 7.82 Å². The molecule has 0 aromatic rings. The molecular weight excluding hydrogens is 262 g/mol. The van der Waals surface area contributed by atoms with E-state index in [0.29, 0.717) is 19.6 Å². The van der Waals surface area contributed by atoms with Gasteiger partial charge >= 0.3 is 7.82 Å². The summed E-state index contributed by atoms with van der Waals surface area (Å²) < 4.78 is 31.9. The third kappa shape index (κ3) is 2.80. The SMILES string of the molecule is [B][C@@H]1O[C@H](COP2(=O)OCCCO2)[C@@H](O)[C@@]1(C)O. The normalized spacial score (nSPS) is 44.1. The van der Waals surface area contributed by atoms with E-state index < -0.39 is 31.6 Å². The van der Waals surface area contributed by atoms with Crippen LogP contribution in [-0.4, -0.2) is 61.7 Å². The average molecular weight is 278 g/mol. The van der Waals surface area contributed by atoms with Crippen molar-refractivity contribution in [3.05, 3.63) is 0 Å². The zero-order chi connectivity index (χ0) is 13.4. The molecule has 2 saturated heterocycles. The van der Waals surface area contributed by atoms with Crippen LogP contribution in [0.5, 0.6) is 0 Å². The van der Waals surface area contributed by atoms with Crippen molar-refractivity contribution >= 4 is 15.7 Å². The first-order valence-corrected chi connectivity index (χ1v) is 7.16. The number of aliphatic hydroxyl groups is 2. The second-order valence-electron chi connectivity index (χ2n) is 4.53. The van der Waals surface area contributed by atoms with Crippen molar-refractivity contribution in [3.8, 4) is 0 Å². The van der Waals surface area contributed by atoms with Gasteiger partial charge in [0.05, 0.1) is 19.8 Å². The van der Waals surface area contributed by atoms with Crippen molar-refractivity contribution in [3.63, 3.8) is 0 Å². The third-order valence-corrected chi connectivity index (χ3v) is 4.50. The zero-order valence-electron chi connectivity index (χ0n) is 10.0. The molecule has 4 atom stereocenters. The third-order valence-electron chi connectivity index (χ3n) is 3.03. The molecule has 7 nitrogen and oxygen atoms in total. The molecule has 0 amide bonds. The van der Waals surface area contributed by atoms with Gasteiger partial charge in [-0.05, 0) is 13.3 Å². The molecule has 0 aromatic carbocycles. The van der Waals surface area contributed by atoms with Crippen molar-refractivity contribution in [2.75, 3.05) is 19.8 Å². The summed E-state index contributed by atoms with van der Waals surface area (Å²) in [7, 11) is 1.95. The Morgan fingerprint density at radius 2 is 2.11 bits per heavy atom. The van der Waals surface area contributed by atoms with Crippen LogP contribution in [0.15, 0.2) is 0 Å². The quantitative estimate of drug-likeness (QED) is 0.533. The zero-order valence-corrected chi connectivity index (χ0v) is 10.9. The van der Waals surface area contributed by atoms with Crippen LogP contribution in [0.2, 0.25) is 0 Å². The van der Waals surface area contributed by atoms with Gasteiger partial charge in [-0.25, -0.2) is 4.57 Å². The van der Waals surface area contributed by atoms with Crippen molar-refractivity contribution < 1.29 is 33.1 Å². The van der Waals surface area contributed by atoms with Gasteiger partial charge in [-0.1, -0.05) is 0 Å². The number of ether oxygens (including phenoxy) is 1. The fraction of sp³-hybridized carbons (Fsp3) is 1.00. The van der Waals surface area contributed by atoms with Crippen LogP contribution in [0.1, 0.15) is 13.3 Å². The molecule has 0 saturated carbocycles. The fourth-order valence-corrected chi connectivity index (χ4v) is 3.02. The molecule has 2 N–H and O–H groups in total. The molecule has 0 aromatic heterocycles. The summed E-state index contributed by atoms with van der Waals surface area (Å²) in [5, 5.41) is 19.6. The minimum Gasteiger partial charge on any atom is -0.387 e. The Kier molecular flexibility index (Phi) is 4.18. The van der Waals surface area contributed by atoms with Crippen LogP contribution in [0, 0.1) is 0 Å². The standard InChI is InChI=1S/C9H16BO7P/c1-9(12)7(11)6(17-8(9)10)5-16-18(13)14-3-2-4-15-18/h6-8,11-12H,2-5H2,1H3/t6-,7-,8-,9-/m1/s1. The van der Waals surface area contributed by atoms with Gasteiger partial charge in [0.1, 0.15) is 25.7 Å². The molecule has 2 aliphatic heterocycles. The Hall–Kier alpha value is 0.0549. The van der Waals surface area contributed by atoms with Crippen LogP contribution in [0.25, 0.3) is 0 Å². The van der Waals surface area contributed by atoms with Crippen LogP contribution in [-0.2, 0) is 22.9 Å². The van der Waals surface area contributed by atoms with E-state index in [9.17, 15) is 14.8 Å². The maximum absolute atomic E-state index is 11.8. The van der Waals surface area contributed by atoms with E-state index in [4.69, 9.17) is 26.2 Å². The van der Waals surface area contributed by atoms with E-state index in [2.05, 4.69) is 0 Å². The van der Waals surface area contributed by atoms with Gasteiger partial charge in [-0.15, -0.1) is 0 Å². The maximum Gasteiger partial charge on any atom is 0.474 e. The first kappa shape index (κ1) is 14.5. The summed E-state index contributed by atoms with van der Waals surface area (Å²) in [5.41, 5.74) is -1.57. The number of aliphatic hydroxyl groups excluding tert-OH is 1. The predicted octanol–water partition coefficient (Wildman–Crippen LogP) is -0.447. The van der Waals surface area contributed by atoms with Crippen molar-refractivity contribution in [2.45, 2.75) is 37.2 Å². The highest BCUT2D eigenvalue weighted by Gasteiger charge is 2.50. The molecule has 2 radical (unpaired) electrons. The second kappa shape index (κ2) is 5.21. The molecule has 0 spiro atoms. The van der Waals surface area contributed by atoms with Gasteiger partial charge in [-0.2, -0.15) is 0 Å². The van der Waals surface area contributed by atoms with E-state index in [0.717, 1.165) is 0 Å². The van der Waals surface area contributed by atoms with E-state index >= 15 is 0 Å². The summed E-state index contributed by atoms with van der Waals surface area (Å²) in [6, 6.07) is -1.03. The Morgan fingerprint density at radius 3 is 2.61 bits per heavy atom. The lowest BCUT2D eigenvalue weighted by Crippen LogP contribution is -2.46. The minimum absolute atomic E-state index is 0.234. The van der Waals surface area contributed by atoms with E-state index in [1.54, 1.807) is 0 Å². The van der Waals surface area contributed by atoms with Gasteiger partial charge in [0.25, 0.3) is 0 Å². The largest absolute Gasteiger partial charge is 0.474 e. The Morgan fingerprint density at radius 1 is 1.50 bits per heavy atom. The average Bonchev–Trinajstić information content (AvgIpc) is 2.52. The van der Waals surface area contributed by atoms with E-state index in [-0.39, 0.29) is 6.61 Å². The molecule has 0 aliphatic carbocycles. The van der Waals surface area contributed by atoms with Crippen LogP contribution < -0.4 is 0 Å². The summed E-state index contributed by atoms with van der Waals surface area (Å²) in [4.78, 5) is 0. The molecule has 2 rings (SSSR count). The molecular formula is C9H16BO7P. The predicted molar refractivity (Wildman–Crippen MR) is 61.1 cm³/mol. The van der Waals surface area contributed by atoms with Gasteiger partial charge in [0.15, 0.2) is 0 Å². The number of hydrogen-bond donors (Lipinski definition) is 2. The summed E-state index contributed by atoms with van der Waals surface area (Å²) >= 11 is 0. The summed E-state index contributed by atoms with van der Waals surface area (Å²) in [6.45, 7) is 1.71. The number of phosphoric ester groups is 1. The van der Waals surface area contributed by atoms with E-state index in [1.165, 1.54) is 6.92 Å². The molecule has 18 heavy (non-hydrogen) atoms. The topological polar surface area (TPSA) is 94.5 Å². The Balaban J connectivity index is 1.89. The monoisotopic (exact) mass is 278 g/mol. The molecule has 9 heteroatoms. The fourth-order valence-electron chi connectivity index (χ4n) is 1.76. The molecule has 0 unspecified atom stereocenters. The highest BCUT2D eigenvalue weighted by Crippen LogP contribution is 2.52. The Labute approximate surface area is 106 Å². The number of hydrogen-bond acceptors (Lipinski definition) is 7. The van der Waals surface area contributed by atoms with Crippen molar-refractivity contribution in [1.82, 2.24) is 0 Å². The van der Waals surface area contributed by atoms with Crippen molar-refractivity contribution in [1.29, 1.82) is 0 Å². The Bertz CT molecular complexity index is 340. The minimum atomic E-state index is -3.57. The number of phosphoric acid groups is 1. The lowest BCUT2D eigenvalue weighted by molar-refractivity contribution is -0.0481. The lowest BCUT2D eigenvalue weighted by Gasteiger charge is -2.26. The summed E-state index contributed by atoms with van der Waals surface area (Å²) in [6.07, 6.45) is -1.46. The first-order valence-electron chi connectivity index (χ1n) is 5.70. The highest BCUT2D eigenvalue weighted by molar-refractivity contribution is 7.48. The molecule has 2 fully saturated rings. The summed E-state index contributed by atoms with van der Waals surface area (Å²) in [5.74, 6) is 0. The van der Waals surface area contributed by atoms with Gasteiger partial charge in [-0.3, -0.25) is 13.6 Å². The van der Waals surface area contributed by atoms with Gasteiger partial charge < -0.3 is 14.9 Å². The highest BCUT2D eigenvalue weighted by atomic mass is 31.2. The number of rotatable bonds is 3. The smallest absolute Gasteiger partial charge is 0.387 e.